The van der Waals surface area contributed by atoms with Gasteiger partial charge in [-0.3, -0.25) is 0 Å². The Balaban J connectivity index is 2.19. The summed E-state index contributed by atoms with van der Waals surface area (Å²) in [5, 5.41) is 0. The molecule has 2 aromatic rings. The van der Waals surface area contributed by atoms with Crippen LogP contribution >= 0.6 is 0 Å². The minimum Gasteiger partial charge on any atom is -0.487 e. The summed E-state index contributed by atoms with van der Waals surface area (Å²) in [4.78, 5) is 11.4. The Morgan fingerprint density at radius 3 is 2.71 bits per heavy atom. The fourth-order valence-electron chi connectivity index (χ4n) is 1.72. The van der Waals surface area contributed by atoms with Crippen LogP contribution in [-0.4, -0.2) is 13.1 Å². The molecule has 2 aromatic carbocycles. The Labute approximate surface area is 120 Å². The van der Waals surface area contributed by atoms with Gasteiger partial charge in [-0.15, -0.1) is 0 Å². The Kier molecular flexibility index (Phi) is 4.37. The van der Waals surface area contributed by atoms with Crippen LogP contribution in [0.25, 0.3) is 0 Å². The van der Waals surface area contributed by atoms with Gasteiger partial charge in [0.25, 0.3) is 0 Å². The van der Waals surface area contributed by atoms with Crippen LogP contribution in [0.15, 0.2) is 36.4 Å². The van der Waals surface area contributed by atoms with Crippen molar-refractivity contribution in [2.75, 3.05) is 12.8 Å². The minimum absolute atomic E-state index is 0.0536. The van der Waals surface area contributed by atoms with E-state index in [-0.39, 0.29) is 29.2 Å². The smallest absolute Gasteiger partial charge is 0.337 e. The van der Waals surface area contributed by atoms with Gasteiger partial charge in [-0.1, -0.05) is 12.1 Å². The highest BCUT2D eigenvalue weighted by molar-refractivity contribution is 5.90. The number of carbonyl (C=O) groups is 1. The van der Waals surface area contributed by atoms with Gasteiger partial charge in [0, 0.05) is 5.56 Å². The predicted molar refractivity (Wildman–Crippen MR) is 72.9 cm³/mol. The minimum atomic E-state index is -0.972. The topological polar surface area (TPSA) is 61.5 Å². The van der Waals surface area contributed by atoms with Crippen molar-refractivity contribution in [3.05, 3.63) is 59.2 Å². The van der Waals surface area contributed by atoms with Crippen molar-refractivity contribution in [3.8, 4) is 5.75 Å². The van der Waals surface area contributed by atoms with E-state index in [1.165, 1.54) is 37.4 Å². The molecule has 110 valence electrons. The molecule has 0 aromatic heterocycles. The van der Waals surface area contributed by atoms with Crippen molar-refractivity contribution in [2.24, 2.45) is 0 Å². The number of nitrogens with two attached hydrogens (primary N) is 1. The number of ether oxygens (including phenoxy) is 2. The summed E-state index contributed by atoms with van der Waals surface area (Å²) in [7, 11) is 1.25. The summed E-state index contributed by atoms with van der Waals surface area (Å²) in [5.41, 5.74) is 6.30. The van der Waals surface area contributed by atoms with Gasteiger partial charge in [0.1, 0.15) is 12.4 Å². The Hall–Kier alpha value is -2.63. The lowest BCUT2D eigenvalue weighted by atomic mass is 10.2. The van der Waals surface area contributed by atoms with Crippen LogP contribution in [0.3, 0.4) is 0 Å². The van der Waals surface area contributed by atoms with Gasteiger partial charge in [0.05, 0.1) is 18.4 Å². The highest BCUT2D eigenvalue weighted by atomic mass is 19.2. The average Bonchev–Trinajstić information content (AvgIpc) is 2.49. The average molecular weight is 293 g/mol. The number of rotatable bonds is 4. The maximum absolute atomic E-state index is 13.5. The maximum atomic E-state index is 13.5. The van der Waals surface area contributed by atoms with Crippen molar-refractivity contribution >= 4 is 11.7 Å². The number of halogens is 2. The number of hydrogen-bond donors (Lipinski definition) is 1. The second kappa shape index (κ2) is 6.21. The second-order valence-corrected chi connectivity index (χ2v) is 4.25. The Bertz CT molecular complexity index is 674. The molecule has 2 N–H and O–H groups in total. The molecular formula is C15H13F2NO3. The summed E-state index contributed by atoms with van der Waals surface area (Å²) < 4.78 is 36.5. The third-order valence-corrected chi connectivity index (χ3v) is 2.85. The van der Waals surface area contributed by atoms with Crippen LogP contribution in [0.1, 0.15) is 15.9 Å². The molecule has 0 heterocycles. The first-order chi connectivity index (χ1) is 10.0. The van der Waals surface area contributed by atoms with Crippen LogP contribution in [0.4, 0.5) is 14.5 Å². The number of anilines is 1. The normalized spacial score (nSPS) is 10.2. The van der Waals surface area contributed by atoms with Gasteiger partial charge >= 0.3 is 5.97 Å². The number of methoxy groups -OCH3 is 1. The Morgan fingerprint density at radius 2 is 2.00 bits per heavy atom. The third kappa shape index (κ3) is 3.28. The fraction of sp³-hybridized carbons (Fsp3) is 0.133. The molecule has 0 spiro atoms. The van der Waals surface area contributed by atoms with Gasteiger partial charge in [-0.05, 0) is 24.3 Å². The number of esters is 1. The largest absolute Gasteiger partial charge is 0.487 e. The first kappa shape index (κ1) is 14.8. The van der Waals surface area contributed by atoms with E-state index in [1.54, 1.807) is 0 Å². The number of carbonyl (C=O) groups excluding carboxylic acids is 1. The summed E-state index contributed by atoms with van der Waals surface area (Å²) in [5.74, 6) is -2.27. The molecule has 0 radical (unpaired) electrons. The molecule has 0 aliphatic carbocycles. The standard InChI is InChI=1S/C15H13F2NO3/c1-20-15(19)9-5-6-12(18)13(7-9)21-8-10-3-2-4-11(16)14(10)17/h2-7H,8,18H2,1H3. The maximum Gasteiger partial charge on any atom is 0.337 e. The van der Waals surface area contributed by atoms with Crippen LogP contribution < -0.4 is 10.5 Å². The molecule has 21 heavy (non-hydrogen) atoms. The molecule has 0 aliphatic heterocycles. The van der Waals surface area contributed by atoms with Gasteiger partial charge in [-0.25, -0.2) is 13.6 Å². The van der Waals surface area contributed by atoms with Crippen molar-refractivity contribution in [2.45, 2.75) is 6.61 Å². The van der Waals surface area contributed by atoms with Crippen LogP contribution in [0.5, 0.6) is 5.75 Å². The zero-order chi connectivity index (χ0) is 15.4. The molecule has 0 saturated carbocycles. The number of hydrogen-bond acceptors (Lipinski definition) is 4. The van der Waals surface area contributed by atoms with Crippen LogP contribution in [0.2, 0.25) is 0 Å². The van der Waals surface area contributed by atoms with Gasteiger partial charge in [0.15, 0.2) is 11.6 Å². The van der Waals surface area contributed by atoms with Crippen molar-refractivity contribution in [1.29, 1.82) is 0 Å². The lowest BCUT2D eigenvalue weighted by molar-refractivity contribution is 0.0600. The SMILES string of the molecule is COC(=O)c1ccc(N)c(OCc2cccc(F)c2F)c1. The van der Waals surface area contributed by atoms with E-state index in [9.17, 15) is 13.6 Å². The lowest BCUT2D eigenvalue weighted by Crippen LogP contribution is -2.05. The van der Waals surface area contributed by atoms with E-state index >= 15 is 0 Å². The van der Waals surface area contributed by atoms with E-state index in [0.717, 1.165) is 6.07 Å². The zero-order valence-corrected chi connectivity index (χ0v) is 11.2. The summed E-state index contributed by atoms with van der Waals surface area (Å²) in [6.45, 7) is -0.210. The molecule has 0 saturated heterocycles. The molecule has 2 rings (SSSR count). The molecule has 0 unspecified atom stereocenters. The quantitative estimate of drug-likeness (QED) is 0.695. The van der Waals surface area contributed by atoms with E-state index < -0.39 is 17.6 Å². The highest BCUT2D eigenvalue weighted by Gasteiger charge is 2.12. The molecule has 0 fully saturated rings. The van der Waals surface area contributed by atoms with Crippen LogP contribution in [0, 0.1) is 11.6 Å². The van der Waals surface area contributed by atoms with Crippen molar-refractivity contribution < 1.29 is 23.0 Å². The number of nitrogen functional groups attached to an aromatic ring is 1. The molecule has 6 heteroatoms. The van der Waals surface area contributed by atoms with Gasteiger partial charge in [0.2, 0.25) is 0 Å². The highest BCUT2D eigenvalue weighted by Crippen LogP contribution is 2.25. The first-order valence-electron chi connectivity index (χ1n) is 6.06. The van der Waals surface area contributed by atoms with Crippen molar-refractivity contribution in [1.82, 2.24) is 0 Å². The first-order valence-corrected chi connectivity index (χ1v) is 6.06. The predicted octanol–water partition coefficient (Wildman–Crippen LogP) is 2.91. The fourth-order valence-corrected chi connectivity index (χ4v) is 1.72. The van der Waals surface area contributed by atoms with E-state index in [4.69, 9.17) is 10.5 Å². The monoisotopic (exact) mass is 293 g/mol. The third-order valence-electron chi connectivity index (χ3n) is 2.85. The molecule has 4 nitrogen and oxygen atoms in total. The van der Waals surface area contributed by atoms with E-state index in [2.05, 4.69) is 4.74 Å². The van der Waals surface area contributed by atoms with Crippen molar-refractivity contribution in [3.63, 3.8) is 0 Å². The Morgan fingerprint density at radius 1 is 1.24 bits per heavy atom. The summed E-state index contributed by atoms with van der Waals surface area (Å²) in [6.07, 6.45) is 0. The molecule has 0 atom stereocenters. The summed E-state index contributed by atoms with van der Waals surface area (Å²) in [6, 6.07) is 8.15. The van der Waals surface area contributed by atoms with Gasteiger partial charge < -0.3 is 15.2 Å². The van der Waals surface area contributed by atoms with Gasteiger partial charge in [-0.2, -0.15) is 0 Å². The molecule has 0 amide bonds. The number of benzene rings is 2. The second-order valence-electron chi connectivity index (χ2n) is 4.25. The molecular weight excluding hydrogens is 280 g/mol. The zero-order valence-electron chi connectivity index (χ0n) is 11.2. The van der Waals surface area contributed by atoms with E-state index in [1.807, 2.05) is 0 Å². The van der Waals surface area contributed by atoms with E-state index in [0.29, 0.717) is 0 Å². The lowest BCUT2D eigenvalue weighted by Gasteiger charge is -2.11. The molecule has 0 bridgehead atoms. The summed E-state index contributed by atoms with van der Waals surface area (Å²) >= 11 is 0. The molecule has 0 aliphatic rings. The van der Waals surface area contributed by atoms with Crippen LogP contribution in [-0.2, 0) is 11.3 Å².